The van der Waals surface area contributed by atoms with Gasteiger partial charge in [0.25, 0.3) is 0 Å². The maximum atomic E-state index is 13.6. The lowest BCUT2D eigenvalue weighted by atomic mass is 9.89. The third-order valence-electron chi connectivity index (χ3n) is 5.70. The van der Waals surface area contributed by atoms with Crippen molar-refractivity contribution in [1.29, 1.82) is 0 Å². The van der Waals surface area contributed by atoms with E-state index in [1.165, 1.54) is 6.08 Å². The molecule has 0 spiro atoms. The van der Waals surface area contributed by atoms with Crippen LogP contribution >= 0.6 is 0 Å². The zero-order valence-corrected chi connectivity index (χ0v) is 20.6. The summed E-state index contributed by atoms with van der Waals surface area (Å²) in [6.45, 7) is 5.83. The van der Waals surface area contributed by atoms with E-state index in [2.05, 4.69) is 18.8 Å². The Morgan fingerprint density at radius 3 is 2.14 bits per heavy atom. The maximum Gasteiger partial charge on any atom is 0.408 e. The van der Waals surface area contributed by atoms with Gasteiger partial charge in [-0.1, -0.05) is 112 Å². The molecule has 0 heterocycles. The van der Waals surface area contributed by atoms with Gasteiger partial charge in [0, 0.05) is 0 Å². The smallest absolute Gasteiger partial charge is 0.408 e. The second-order valence-electron chi connectivity index (χ2n) is 8.52. The monoisotopic (exact) mass is 479 g/mol. The lowest BCUT2D eigenvalue weighted by Crippen LogP contribution is -2.47. The van der Waals surface area contributed by atoms with E-state index in [9.17, 15) is 14.4 Å². The van der Waals surface area contributed by atoms with Gasteiger partial charge in [0.15, 0.2) is 5.78 Å². The molecule has 6 heteroatoms. The van der Waals surface area contributed by atoms with Gasteiger partial charge < -0.3 is 14.8 Å². The number of hydrogen-bond donors (Lipinski definition) is 1. The van der Waals surface area contributed by atoms with Crippen LogP contribution in [0.25, 0.3) is 0 Å². The molecule has 2 rings (SSSR count). The number of amides is 1. The van der Waals surface area contributed by atoms with Gasteiger partial charge >= 0.3 is 12.1 Å². The van der Waals surface area contributed by atoms with Gasteiger partial charge in [-0.05, 0) is 24.0 Å². The number of benzene rings is 2. The van der Waals surface area contributed by atoms with Crippen molar-refractivity contribution in [2.45, 2.75) is 64.5 Å². The SMILES string of the molecule is C=CCOC(=O)C(CCCCCCC)C(=O)[C@H](Cc1ccccc1)NC(=O)OCc1ccccc1. The van der Waals surface area contributed by atoms with Gasteiger partial charge in [-0.2, -0.15) is 0 Å². The number of carbonyl (C=O) groups excluding carboxylic acids is 3. The minimum absolute atomic E-state index is 0.0361. The molecular formula is C29H37NO5. The minimum Gasteiger partial charge on any atom is -0.461 e. The third-order valence-corrected chi connectivity index (χ3v) is 5.70. The lowest BCUT2D eigenvalue weighted by Gasteiger charge is -2.22. The molecule has 6 nitrogen and oxygen atoms in total. The number of nitrogens with one attached hydrogen (secondary N) is 1. The lowest BCUT2D eigenvalue weighted by molar-refractivity contribution is -0.151. The Hall–Kier alpha value is -3.41. The normalized spacial score (nSPS) is 12.3. The van der Waals surface area contributed by atoms with Gasteiger partial charge in [-0.3, -0.25) is 9.59 Å². The molecule has 0 fully saturated rings. The Morgan fingerprint density at radius 1 is 0.886 bits per heavy atom. The molecule has 0 aliphatic rings. The van der Waals surface area contributed by atoms with Crippen LogP contribution in [-0.4, -0.2) is 30.5 Å². The van der Waals surface area contributed by atoms with Crippen LogP contribution in [0.1, 0.15) is 56.6 Å². The number of ether oxygens (including phenoxy) is 2. The number of esters is 1. The van der Waals surface area contributed by atoms with E-state index in [1.54, 1.807) is 0 Å². The molecule has 2 aromatic carbocycles. The zero-order valence-electron chi connectivity index (χ0n) is 20.6. The Bertz CT molecular complexity index is 913. The first kappa shape index (κ1) is 27.8. The van der Waals surface area contributed by atoms with Crippen LogP contribution in [0.4, 0.5) is 4.79 Å². The number of alkyl carbamates (subject to hydrolysis) is 1. The van der Waals surface area contributed by atoms with Crippen LogP contribution in [0.3, 0.4) is 0 Å². The quantitative estimate of drug-likeness (QED) is 0.142. The number of carbonyl (C=O) groups is 3. The summed E-state index contributed by atoms with van der Waals surface area (Å²) in [4.78, 5) is 39.0. The standard InChI is InChI=1S/C29H37NO5/c1-3-5-6-7-14-19-25(28(32)34-20-4-2)27(31)26(21-23-15-10-8-11-16-23)30-29(33)35-22-24-17-12-9-13-18-24/h4,8-13,15-18,25-26H,2-3,5-7,14,19-22H2,1H3,(H,30,33)/t25?,26-/m0/s1. The summed E-state index contributed by atoms with van der Waals surface area (Å²) in [6.07, 6.45) is 6.34. The first-order valence-electron chi connectivity index (χ1n) is 12.4. The molecule has 0 aliphatic carbocycles. The molecule has 1 amide bonds. The van der Waals surface area contributed by atoms with Gasteiger partial charge in [0.2, 0.25) is 0 Å². The summed E-state index contributed by atoms with van der Waals surface area (Å²) in [5.74, 6) is -1.90. The molecule has 188 valence electrons. The Labute approximate surface area is 208 Å². The Balaban J connectivity index is 2.13. The van der Waals surface area contributed by atoms with E-state index >= 15 is 0 Å². The van der Waals surface area contributed by atoms with Gasteiger partial charge in [0.1, 0.15) is 19.1 Å². The fourth-order valence-electron chi connectivity index (χ4n) is 3.79. The fraction of sp³-hybridized carbons (Fsp3) is 0.414. The highest BCUT2D eigenvalue weighted by atomic mass is 16.5. The fourth-order valence-corrected chi connectivity index (χ4v) is 3.79. The molecule has 1 unspecified atom stereocenters. The number of hydrogen-bond acceptors (Lipinski definition) is 5. The van der Waals surface area contributed by atoms with Crippen LogP contribution < -0.4 is 5.32 Å². The molecular weight excluding hydrogens is 442 g/mol. The van der Waals surface area contributed by atoms with Crippen molar-refractivity contribution in [3.8, 4) is 0 Å². The molecule has 2 atom stereocenters. The summed E-state index contributed by atoms with van der Waals surface area (Å²) in [6, 6.07) is 17.8. The second kappa shape index (κ2) is 16.3. The molecule has 0 aromatic heterocycles. The molecule has 0 aliphatic heterocycles. The first-order chi connectivity index (χ1) is 17.0. The molecule has 0 saturated heterocycles. The topological polar surface area (TPSA) is 81.7 Å². The van der Waals surface area contributed by atoms with Crippen molar-refractivity contribution >= 4 is 17.8 Å². The highest BCUT2D eigenvalue weighted by Crippen LogP contribution is 2.18. The van der Waals surface area contributed by atoms with Crippen LogP contribution in [0, 0.1) is 5.92 Å². The number of Topliss-reactive ketones (excluding diaryl/α,β-unsaturated/α-hetero) is 1. The summed E-state index contributed by atoms with van der Waals surface area (Å²) < 4.78 is 10.6. The average Bonchev–Trinajstić information content (AvgIpc) is 2.88. The molecule has 35 heavy (non-hydrogen) atoms. The van der Waals surface area contributed by atoms with E-state index in [-0.39, 0.29) is 25.4 Å². The van der Waals surface area contributed by atoms with E-state index in [0.717, 1.165) is 43.2 Å². The summed E-state index contributed by atoms with van der Waals surface area (Å²) in [7, 11) is 0. The molecule has 0 bridgehead atoms. The van der Waals surface area contributed by atoms with Crippen LogP contribution in [0.2, 0.25) is 0 Å². The van der Waals surface area contributed by atoms with Crippen LogP contribution in [0.5, 0.6) is 0 Å². The summed E-state index contributed by atoms with van der Waals surface area (Å²) in [5.41, 5.74) is 1.71. The van der Waals surface area contributed by atoms with Gasteiger partial charge in [0.05, 0.1) is 6.04 Å². The molecule has 0 radical (unpaired) electrons. The summed E-state index contributed by atoms with van der Waals surface area (Å²) in [5, 5.41) is 2.70. The summed E-state index contributed by atoms with van der Waals surface area (Å²) >= 11 is 0. The zero-order chi connectivity index (χ0) is 25.3. The van der Waals surface area contributed by atoms with Crippen molar-refractivity contribution in [2.75, 3.05) is 6.61 Å². The van der Waals surface area contributed by atoms with Gasteiger partial charge in [-0.25, -0.2) is 4.79 Å². The predicted octanol–water partition coefficient (Wildman–Crippen LogP) is 5.80. The van der Waals surface area contributed by atoms with E-state index in [4.69, 9.17) is 9.47 Å². The van der Waals surface area contributed by atoms with Crippen molar-refractivity contribution in [2.24, 2.45) is 5.92 Å². The molecule has 1 N–H and O–H groups in total. The highest BCUT2D eigenvalue weighted by molar-refractivity contribution is 6.02. The second-order valence-corrected chi connectivity index (χ2v) is 8.52. The van der Waals surface area contributed by atoms with E-state index in [1.807, 2.05) is 60.7 Å². The predicted molar refractivity (Wildman–Crippen MR) is 137 cm³/mol. The third kappa shape index (κ3) is 10.6. The largest absolute Gasteiger partial charge is 0.461 e. The highest BCUT2D eigenvalue weighted by Gasteiger charge is 2.34. The first-order valence-corrected chi connectivity index (χ1v) is 12.4. The van der Waals surface area contributed by atoms with Crippen LogP contribution in [-0.2, 0) is 32.1 Å². The number of ketones is 1. The number of rotatable bonds is 16. The van der Waals surface area contributed by atoms with E-state index < -0.39 is 24.0 Å². The molecule has 0 saturated carbocycles. The van der Waals surface area contributed by atoms with Crippen molar-refractivity contribution in [3.63, 3.8) is 0 Å². The number of unbranched alkanes of at least 4 members (excludes halogenated alkanes) is 4. The van der Waals surface area contributed by atoms with Crippen molar-refractivity contribution in [1.82, 2.24) is 5.32 Å². The Kier molecular flexibility index (Phi) is 12.9. The average molecular weight is 480 g/mol. The van der Waals surface area contributed by atoms with Crippen molar-refractivity contribution in [3.05, 3.63) is 84.4 Å². The Morgan fingerprint density at radius 2 is 1.51 bits per heavy atom. The van der Waals surface area contributed by atoms with Crippen molar-refractivity contribution < 1.29 is 23.9 Å². The van der Waals surface area contributed by atoms with E-state index in [0.29, 0.717) is 6.42 Å². The maximum absolute atomic E-state index is 13.6. The molecule has 2 aromatic rings. The van der Waals surface area contributed by atoms with Gasteiger partial charge in [-0.15, -0.1) is 0 Å². The minimum atomic E-state index is -0.959. The van der Waals surface area contributed by atoms with Crippen LogP contribution in [0.15, 0.2) is 73.3 Å².